The van der Waals surface area contributed by atoms with Crippen LogP contribution in [0.15, 0.2) is 63.3 Å². The van der Waals surface area contributed by atoms with Gasteiger partial charge in [-0.25, -0.2) is 0 Å². The maximum atomic E-state index is 4.22. The Morgan fingerprint density at radius 1 is 1.11 bits per heavy atom. The van der Waals surface area contributed by atoms with Crippen LogP contribution in [-0.2, 0) is 0 Å². The van der Waals surface area contributed by atoms with Crippen molar-refractivity contribution >= 4 is 21.6 Å². The van der Waals surface area contributed by atoms with Crippen molar-refractivity contribution in [3.63, 3.8) is 0 Å². The van der Waals surface area contributed by atoms with Crippen molar-refractivity contribution in [2.24, 2.45) is 10.3 Å². The second-order valence-electron chi connectivity index (χ2n) is 4.28. The highest BCUT2D eigenvalue weighted by molar-refractivity contribution is 9.10. The molecule has 0 unspecified atom stereocenters. The Balaban J connectivity index is 2.15. The first-order chi connectivity index (χ1) is 8.75. The highest BCUT2D eigenvalue weighted by atomic mass is 79.9. The van der Waals surface area contributed by atoms with Crippen LogP contribution >= 0.6 is 15.9 Å². The summed E-state index contributed by atoms with van der Waals surface area (Å²) < 4.78 is 1.06. The molecule has 0 saturated carbocycles. The largest absolute Gasteiger partial charge is 0.269 e. The zero-order chi connectivity index (χ0) is 12.5. The van der Waals surface area contributed by atoms with E-state index in [1.807, 2.05) is 42.4 Å². The molecule has 2 aromatic rings. The molecule has 0 aromatic heterocycles. The number of benzene rings is 2. The van der Waals surface area contributed by atoms with Gasteiger partial charge in [0, 0.05) is 17.1 Å². The van der Waals surface area contributed by atoms with Gasteiger partial charge >= 0.3 is 0 Å². The molecule has 0 spiro atoms. The van der Waals surface area contributed by atoms with E-state index >= 15 is 0 Å². The number of rotatable bonds is 1. The van der Waals surface area contributed by atoms with E-state index < -0.39 is 0 Å². The number of halogens is 1. The van der Waals surface area contributed by atoms with Crippen LogP contribution in [0.25, 0.3) is 0 Å². The van der Waals surface area contributed by atoms with Gasteiger partial charge in [-0.2, -0.15) is 0 Å². The summed E-state index contributed by atoms with van der Waals surface area (Å²) in [6.07, 6.45) is 0. The van der Waals surface area contributed by atoms with Gasteiger partial charge in [-0.1, -0.05) is 51.5 Å². The summed E-state index contributed by atoms with van der Waals surface area (Å²) in [5.74, 6) is 0. The Bertz CT molecular complexity index is 595. The fraction of sp³-hybridized carbons (Fsp3) is 0.143. The van der Waals surface area contributed by atoms with Crippen molar-refractivity contribution in [3.05, 3.63) is 64.1 Å². The van der Waals surface area contributed by atoms with Gasteiger partial charge in [-0.15, -0.1) is 5.11 Å². The van der Waals surface area contributed by atoms with E-state index in [1.54, 1.807) is 0 Å². The molecule has 0 fully saturated rings. The van der Waals surface area contributed by atoms with Crippen LogP contribution in [0.3, 0.4) is 0 Å². The molecule has 1 atom stereocenters. The fourth-order valence-electron chi connectivity index (χ4n) is 2.24. The first-order valence-electron chi connectivity index (χ1n) is 5.74. The molecule has 0 aliphatic carbocycles. The molecule has 0 radical (unpaired) electrons. The normalized spacial score (nSPS) is 17.7. The maximum Gasteiger partial charge on any atom is 0.101 e. The lowest BCUT2D eigenvalue weighted by Crippen LogP contribution is -2.22. The van der Waals surface area contributed by atoms with E-state index in [-0.39, 0.29) is 6.04 Å². The van der Waals surface area contributed by atoms with Crippen molar-refractivity contribution in [3.8, 4) is 0 Å². The van der Waals surface area contributed by atoms with E-state index in [0.717, 1.165) is 10.2 Å². The van der Waals surface area contributed by atoms with Gasteiger partial charge in [0.05, 0.1) is 5.69 Å². The molecular weight excluding hydrogens is 290 g/mol. The van der Waals surface area contributed by atoms with Crippen molar-refractivity contribution in [1.82, 2.24) is 5.01 Å². The smallest absolute Gasteiger partial charge is 0.101 e. The summed E-state index contributed by atoms with van der Waals surface area (Å²) in [5, 5.41) is 10.3. The molecule has 18 heavy (non-hydrogen) atoms. The molecule has 0 amide bonds. The number of nitrogens with zero attached hydrogens (tertiary/aromatic N) is 3. The number of hydrogen-bond acceptors (Lipinski definition) is 3. The van der Waals surface area contributed by atoms with Crippen LogP contribution in [0.2, 0.25) is 0 Å². The van der Waals surface area contributed by atoms with Gasteiger partial charge in [0.2, 0.25) is 0 Å². The van der Waals surface area contributed by atoms with E-state index in [9.17, 15) is 0 Å². The summed E-state index contributed by atoms with van der Waals surface area (Å²) in [5.41, 5.74) is 3.33. The van der Waals surface area contributed by atoms with Gasteiger partial charge in [0.1, 0.15) is 6.04 Å². The first kappa shape index (κ1) is 11.4. The maximum absolute atomic E-state index is 4.22. The van der Waals surface area contributed by atoms with Gasteiger partial charge < -0.3 is 0 Å². The molecule has 3 rings (SSSR count). The summed E-state index contributed by atoms with van der Waals surface area (Å²) in [4.78, 5) is 0. The van der Waals surface area contributed by atoms with Crippen molar-refractivity contribution in [2.45, 2.75) is 6.04 Å². The third kappa shape index (κ3) is 1.93. The highest BCUT2D eigenvalue weighted by Gasteiger charge is 2.25. The molecule has 1 aliphatic rings. The number of fused-ring (bicyclic) bond motifs is 1. The molecule has 3 nitrogen and oxygen atoms in total. The Labute approximate surface area is 114 Å². The average molecular weight is 302 g/mol. The summed E-state index contributed by atoms with van der Waals surface area (Å²) in [7, 11) is 1.95. The zero-order valence-corrected chi connectivity index (χ0v) is 11.5. The quantitative estimate of drug-likeness (QED) is 0.763. The standard InChI is InChI=1S/C14H12BrN3/c1-18-14(10-5-3-2-4-6-10)12-9-11(15)7-8-13(12)16-17-18/h2-9,14H,1H3/t14-/m0/s1. The van der Waals surface area contributed by atoms with Crippen molar-refractivity contribution < 1.29 is 0 Å². The molecule has 0 bridgehead atoms. The lowest BCUT2D eigenvalue weighted by atomic mass is 9.96. The topological polar surface area (TPSA) is 28.0 Å². The lowest BCUT2D eigenvalue weighted by Gasteiger charge is -2.29. The van der Waals surface area contributed by atoms with Crippen LogP contribution in [0, 0.1) is 0 Å². The monoisotopic (exact) mass is 301 g/mol. The third-order valence-electron chi connectivity index (χ3n) is 3.07. The van der Waals surface area contributed by atoms with E-state index in [2.05, 4.69) is 44.5 Å². The van der Waals surface area contributed by atoms with Gasteiger partial charge in [0.15, 0.2) is 0 Å². The zero-order valence-electron chi connectivity index (χ0n) is 9.92. The Morgan fingerprint density at radius 2 is 1.89 bits per heavy atom. The van der Waals surface area contributed by atoms with Gasteiger partial charge in [-0.3, -0.25) is 5.01 Å². The summed E-state index contributed by atoms with van der Waals surface area (Å²) in [6, 6.07) is 16.6. The molecule has 90 valence electrons. The second kappa shape index (κ2) is 4.53. The van der Waals surface area contributed by atoms with Crippen LogP contribution in [0.5, 0.6) is 0 Å². The minimum Gasteiger partial charge on any atom is -0.269 e. The van der Waals surface area contributed by atoms with Crippen LogP contribution < -0.4 is 0 Å². The average Bonchev–Trinajstić information content (AvgIpc) is 2.39. The molecule has 1 aliphatic heterocycles. The first-order valence-corrected chi connectivity index (χ1v) is 6.54. The Hall–Kier alpha value is -1.68. The molecular formula is C14H12BrN3. The van der Waals surface area contributed by atoms with Crippen LogP contribution in [0.4, 0.5) is 5.69 Å². The fourth-order valence-corrected chi connectivity index (χ4v) is 2.62. The van der Waals surface area contributed by atoms with Gasteiger partial charge in [-0.05, 0) is 23.8 Å². The minimum absolute atomic E-state index is 0.121. The summed E-state index contributed by atoms with van der Waals surface area (Å²) in [6.45, 7) is 0. The molecule has 0 saturated heterocycles. The third-order valence-corrected chi connectivity index (χ3v) is 3.56. The van der Waals surface area contributed by atoms with Crippen molar-refractivity contribution in [2.75, 3.05) is 7.05 Å². The molecule has 0 N–H and O–H groups in total. The van der Waals surface area contributed by atoms with Gasteiger partial charge in [0.25, 0.3) is 0 Å². The minimum atomic E-state index is 0.121. The van der Waals surface area contributed by atoms with Crippen molar-refractivity contribution in [1.29, 1.82) is 0 Å². The Kier molecular flexibility index (Phi) is 2.88. The predicted octanol–water partition coefficient (Wildman–Crippen LogP) is 4.48. The molecule has 1 heterocycles. The second-order valence-corrected chi connectivity index (χ2v) is 5.20. The molecule has 2 aromatic carbocycles. The molecule has 4 heteroatoms. The van der Waals surface area contributed by atoms with Crippen LogP contribution in [0.1, 0.15) is 17.2 Å². The van der Waals surface area contributed by atoms with Crippen LogP contribution in [-0.4, -0.2) is 12.1 Å². The Morgan fingerprint density at radius 3 is 2.67 bits per heavy atom. The number of hydrogen-bond donors (Lipinski definition) is 0. The summed E-state index contributed by atoms with van der Waals surface area (Å²) >= 11 is 3.52. The highest BCUT2D eigenvalue weighted by Crippen LogP contribution is 2.39. The van der Waals surface area contributed by atoms with E-state index in [0.29, 0.717) is 0 Å². The lowest BCUT2D eigenvalue weighted by molar-refractivity contribution is 0.265. The SMILES string of the molecule is CN1N=Nc2ccc(Br)cc2[C@@H]1c1ccccc1. The predicted molar refractivity (Wildman–Crippen MR) is 74.7 cm³/mol. The van der Waals surface area contributed by atoms with E-state index in [1.165, 1.54) is 11.1 Å². The van der Waals surface area contributed by atoms with E-state index in [4.69, 9.17) is 0 Å².